The van der Waals surface area contributed by atoms with Crippen LogP contribution in [-0.2, 0) is 13.6 Å². The van der Waals surface area contributed by atoms with E-state index >= 15 is 4.39 Å². The fourth-order valence-corrected chi connectivity index (χ4v) is 3.58. The molecular formula is C23H21FN8O2. The van der Waals surface area contributed by atoms with E-state index in [2.05, 4.69) is 25.3 Å². The minimum Gasteiger partial charge on any atom is -0.497 e. The molecule has 0 saturated heterocycles. The number of benzene rings is 1. The second-order valence-electron chi connectivity index (χ2n) is 7.53. The van der Waals surface area contributed by atoms with E-state index in [0.29, 0.717) is 34.6 Å². The molecule has 34 heavy (non-hydrogen) atoms. The van der Waals surface area contributed by atoms with E-state index in [1.807, 2.05) is 17.8 Å². The van der Waals surface area contributed by atoms with Crippen LogP contribution in [0.15, 0.2) is 60.2 Å². The van der Waals surface area contributed by atoms with Gasteiger partial charge in [-0.05, 0) is 12.1 Å². The van der Waals surface area contributed by atoms with Crippen molar-refractivity contribution in [2.45, 2.75) is 6.54 Å². The van der Waals surface area contributed by atoms with E-state index < -0.39 is 5.82 Å². The molecule has 0 amide bonds. The number of methoxy groups -OCH3 is 2. The molecule has 1 aromatic carbocycles. The third-order valence-electron chi connectivity index (χ3n) is 5.28. The van der Waals surface area contributed by atoms with Crippen LogP contribution in [0.2, 0.25) is 0 Å². The van der Waals surface area contributed by atoms with Crippen molar-refractivity contribution < 1.29 is 13.9 Å². The summed E-state index contributed by atoms with van der Waals surface area (Å²) >= 11 is 0. The summed E-state index contributed by atoms with van der Waals surface area (Å²) in [6, 6.07) is 6.56. The van der Waals surface area contributed by atoms with Crippen molar-refractivity contribution in [1.29, 1.82) is 0 Å². The van der Waals surface area contributed by atoms with E-state index in [9.17, 15) is 0 Å². The third-order valence-corrected chi connectivity index (χ3v) is 5.28. The third kappa shape index (κ3) is 3.98. The van der Waals surface area contributed by atoms with Crippen molar-refractivity contribution in [2.24, 2.45) is 12.0 Å². The Kier molecular flexibility index (Phi) is 5.50. The Balaban J connectivity index is 1.76. The summed E-state index contributed by atoms with van der Waals surface area (Å²) in [5.74, 6) is -0.120. The Hall–Kier alpha value is -4.54. The molecule has 0 aliphatic heterocycles. The lowest BCUT2D eigenvalue weighted by Gasteiger charge is -2.12. The molecule has 0 atom stereocenters. The summed E-state index contributed by atoms with van der Waals surface area (Å²) < 4.78 is 29.0. The average molecular weight is 460 g/mol. The van der Waals surface area contributed by atoms with E-state index in [4.69, 9.17) is 14.5 Å². The first kappa shape index (κ1) is 21.3. The van der Waals surface area contributed by atoms with Gasteiger partial charge in [-0.25, -0.2) is 14.4 Å². The molecule has 0 spiro atoms. The molecule has 4 heterocycles. The standard InChI is InChI=1S/C23H21FN8O2/c1-31-13-15(10-28-31)19-11-25-17-4-5-21(32(23(17)30-19)12-14-8-26-27-9-14)29-18-6-16(33-2)7-20(34-3)22(18)24/h4-11,13H,12H2,1-3H3,(H,26,27). The number of halogens is 1. The zero-order valence-corrected chi connectivity index (χ0v) is 18.7. The minimum absolute atomic E-state index is 0.0407. The number of ether oxygens (including phenoxy) is 2. The highest BCUT2D eigenvalue weighted by Gasteiger charge is 2.14. The molecule has 0 saturated carbocycles. The van der Waals surface area contributed by atoms with Gasteiger partial charge in [0.15, 0.2) is 17.2 Å². The zero-order chi connectivity index (χ0) is 23.7. The number of rotatable bonds is 6. The lowest BCUT2D eigenvalue weighted by Crippen LogP contribution is -2.22. The quantitative estimate of drug-likeness (QED) is 0.417. The zero-order valence-electron chi connectivity index (χ0n) is 18.7. The highest BCUT2D eigenvalue weighted by molar-refractivity contribution is 5.73. The molecule has 1 N–H and O–H groups in total. The predicted molar refractivity (Wildman–Crippen MR) is 122 cm³/mol. The maximum absolute atomic E-state index is 15.0. The van der Waals surface area contributed by atoms with Crippen molar-refractivity contribution in [3.8, 4) is 22.8 Å². The molecule has 0 aliphatic rings. The van der Waals surface area contributed by atoms with Gasteiger partial charge in [0.1, 0.15) is 22.4 Å². The van der Waals surface area contributed by atoms with Gasteiger partial charge in [-0.3, -0.25) is 14.8 Å². The van der Waals surface area contributed by atoms with Gasteiger partial charge in [0.25, 0.3) is 0 Å². The predicted octanol–water partition coefficient (Wildman–Crippen LogP) is 2.99. The number of fused-ring (bicyclic) bond motifs is 1. The normalized spacial score (nSPS) is 11.8. The number of nitrogens with one attached hydrogen (secondary N) is 1. The number of aromatic nitrogens is 7. The smallest absolute Gasteiger partial charge is 0.190 e. The highest BCUT2D eigenvalue weighted by atomic mass is 19.1. The number of hydrogen-bond donors (Lipinski definition) is 1. The van der Waals surface area contributed by atoms with Crippen molar-refractivity contribution in [1.82, 2.24) is 34.5 Å². The molecule has 0 bridgehead atoms. The largest absolute Gasteiger partial charge is 0.497 e. The number of nitrogens with zero attached hydrogens (tertiary/aromatic N) is 7. The number of aryl methyl sites for hydroxylation is 1. The SMILES string of the molecule is COc1cc(N=c2ccc3ncc(-c4cnn(C)c4)nc3n2Cc2cn[nH]c2)c(F)c(OC)c1. The molecule has 11 heteroatoms. The van der Waals surface area contributed by atoms with Gasteiger partial charge in [-0.15, -0.1) is 0 Å². The lowest BCUT2D eigenvalue weighted by molar-refractivity contribution is 0.374. The Bertz CT molecular complexity index is 1540. The highest BCUT2D eigenvalue weighted by Crippen LogP contribution is 2.32. The molecule has 0 unspecified atom stereocenters. The number of pyridine rings is 1. The van der Waals surface area contributed by atoms with E-state index in [1.165, 1.54) is 26.4 Å². The van der Waals surface area contributed by atoms with E-state index in [-0.39, 0.29) is 11.4 Å². The monoisotopic (exact) mass is 460 g/mol. The van der Waals surface area contributed by atoms with E-state index in [0.717, 1.165) is 11.1 Å². The van der Waals surface area contributed by atoms with Crippen LogP contribution in [0.3, 0.4) is 0 Å². The first-order valence-electron chi connectivity index (χ1n) is 10.3. The number of aromatic amines is 1. The molecule has 5 rings (SSSR count). The number of H-pyrrole nitrogens is 1. The Labute approximate surface area is 193 Å². The van der Waals surface area contributed by atoms with Crippen LogP contribution in [0.25, 0.3) is 22.4 Å². The summed E-state index contributed by atoms with van der Waals surface area (Å²) in [5, 5.41) is 11.1. The Morgan fingerprint density at radius 1 is 1.12 bits per heavy atom. The fourth-order valence-electron chi connectivity index (χ4n) is 3.58. The second-order valence-corrected chi connectivity index (χ2v) is 7.53. The molecular weight excluding hydrogens is 439 g/mol. The molecule has 4 aromatic heterocycles. The van der Waals surface area contributed by atoms with Crippen LogP contribution in [0.1, 0.15) is 5.56 Å². The summed E-state index contributed by atoms with van der Waals surface area (Å²) in [6.45, 7) is 0.389. The topological polar surface area (TPSA) is 108 Å². The summed E-state index contributed by atoms with van der Waals surface area (Å²) in [5.41, 5.74) is 4.18. The van der Waals surface area contributed by atoms with Crippen LogP contribution in [0, 0.1) is 5.82 Å². The van der Waals surface area contributed by atoms with Crippen molar-refractivity contribution in [2.75, 3.05) is 14.2 Å². The Morgan fingerprint density at radius 2 is 2.00 bits per heavy atom. The van der Waals surface area contributed by atoms with Crippen LogP contribution < -0.4 is 15.0 Å². The molecule has 5 aromatic rings. The van der Waals surface area contributed by atoms with Crippen LogP contribution >= 0.6 is 0 Å². The summed E-state index contributed by atoms with van der Waals surface area (Å²) in [6.07, 6.45) is 8.78. The van der Waals surface area contributed by atoms with Crippen LogP contribution in [0.4, 0.5) is 10.1 Å². The van der Waals surface area contributed by atoms with Crippen LogP contribution in [-0.4, -0.2) is 48.7 Å². The maximum atomic E-state index is 15.0. The molecule has 10 nitrogen and oxygen atoms in total. The first-order chi connectivity index (χ1) is 16.6. The molecule has 0 fully saturated rings. The van der Waals surface area contributed by atoms with Gasteiger partial charge < -0.3 is 14.0 Å². The summed E-state index contributed by atoms with van der Waals surface area (Å²) in [7, 11) is 4.73. The van der Waals surface area contributed by atoms with Gasteiger partial charge >= 0.3 is 0 Å². The van der Waals surface area contributed by atoms with Crippen LogP contribution in [0.5, 0.6) is 11.5 Å². The van der Waals surface area contributed by atoms with Gasteiger partial charge in [-0.2, -0.15) is 10.2 Å². The summed E-state index contributed by atoms with van der Waals surface area (Å²) in [4.78, 5) is 14.0. The fraction of sp³-hybridized carbons (Fsp3) is 0.174. The van der Waals surface area contributed by atoms with Gasteiger partial charge in [0, 0.05) is 42.7 Å². The van der Waals surface area contributed by atoms with Gasteiger partial charge in [0.05, 0.1) is 45.0 Å². The van der Waals surface area contributed by atoms with Crippen molar-refractivity contribution >= 4 is 16.9 Å². The second kappa shape index (κ2) is 8.77. The van der Waals surface area contributed by atoms with Crippen molar-refractivity contribution in [3.63, 3.8) is 0 Å². The Morgan fingerprint density at radius 3 is 2.71 bits per heavy atom. The average Bonchev–Trinajstić information content (AvgIpc) is 3.53. The van der Waals surface area contributed by atoms with E-state index in [1.54, 1.807) is 41.6 Å². The lowest BCUT2D eigenvalue weighted by atomic mass is 10.2. The maximum Gasteiger partial charge on any atom is 0.190 e. The minimum atomic E-state index is -0.589. The van der Waals surface area contributed by atoms with Crippen molar-refractivity contribution in [3.05, 3.63) is 72.1 Å². The first-order valence-corrected chi connectivity index (χ1v) is 10.3. The van der Waals surface area contributed by atoms with Gasteiger partial charge in [-0.1, -0.05) is 0 Å². The molecule has 0 aliphatic carbocycles. The molecule has 0 radical (unpaired) electrons. The molecule has 172 valence electrons. The van der Waals surface area contributed by atoms with Gasteiger partial charge in [0.2, 0.25) is 0 Å². The number of hydrogen-bond acceptors (Lipinski definition) is 7.